The van der Waals surface area contributed by atoms with Gasteiger partial charge in [0.2, 0.25) is 5.95 Å². The van der Waals surface area contributed by atoms with Crippen LogP contribution < -0.4 is 14.8 Å². The highest BCUT2D eigenvalue weighted by atomic mass is 79.9. The number of hydrogen-bond acceptors (Lipinski definition) is 6. The molecule has 0 saturated carbocycles. The first kappa shape index (κ1) is 22.7. The summed E-state index contributed by atoms with van der Waals surface area (Å²) in [4.78, 5) is 0. The number of benzene rings is 2. The molecule has 0 aliphatic heterocycles. The predicted octanol–water partition coefficient (Wildman–Crippen LogP) is 5.74. The van der Waals surface area contributed by atoms with Crippen LogP contribution >= 0.6 is 39.1 Å². The molecule has 0 bridgehead atoms. The van der Waals surface area contributed by atoms with Gasteiger partial charge in [0.25, 0.3) is 0 Å². The molecule has 0 saturated heterocycles. The van der Waals surface area contributed by atoms with Crippen molar-refractivity contribution in [3.63, 3.8) is 0 Å². The molecule has 0 spiro atoms. The second-order valence-electron chi connectivity index (χ2n) is 6.44. The van der Waals surface area contributed by atoms with Crippen LogP contribution in [-0.4, -0.2) is 26.8 Å². The zero-order chi connectivity index (χ0) is 21.5. The molecule has 7 nitrogen and oxygen atoms in total. The number of anilines is 1. The van der Waals surface area contributed by atoms with Gasteiger partial charge in [0.05, 0.1) is 16.7 Å². The molecule has 160 valence electrons. The topological polar surface area (TPSA) is 74.1 Å². The number of rotatable bonds is 10. The Morgan fingerprint density at radius 3 is 2.60 bits per heavy atom. The SMILES string of the molecule is CCCn1nnnc1NCc1cc(OCC)c(OCc2ccc(Cl)c(Cl)c2)cc1Br. The lowest BCUT2D eigenvalue weighted by Crippen LogP contribution is -2.09. The van der Waals surface area contributed by atoms with Gasteiger partial charge in [0.15, 0.2) is 11.5 Å². The second-order valence-corrected chi connectivity index (χ2v) is 8.11. The Morgan fingerprint density at radius 1 is 1.07 bits per heavy atom. The van der Waals surface area contributed by atoms with Gasteiger partial charge < -0.3 is 14.8 Å². The highest BCUT2D eigenvalue weighted by Gasteiger charge is 2.13. The quantitative estimate of drug-likeness (QED) is 0.371. The average molecular weight is 515 g/mol. The van der Waals surface area contributed by atoms with Gasteiger partial charge in [-0.25, -0.2) is 4.68 Å². The molecule has 1 heterocycles. The molecule has 0 aliphatic carbocycles. The van der Waals surface area contributed by atoms with Gasteiger partial charge in [-0.1, -0.05) is 57.2 Å². The number of aryl methyl sites for hydroxylation is 1. The van der Waals surface area contributed by atoms with Gasteiger partial charge in [0, 0.05) is 17.6 Å². The van der Waals surface area contributed by atoms with Crippen molar-refractivity contribution in [2.45, 2.75) is 40.0 Å². The van der Waals surface area contributed by atoms with E-state index >= 15 is 0 Å². The first-order valence-electron chi connectivity index (χ1n) is 9.53. The smallest absolute Gasteiger partial charge is 0.243 e. The Labute approximate surface area is 193 Å². The van der Waals surface area contributed by atoms with Crippen LogP contribution in [0.2, 0.25) is 10.0 Å². The summed E-state index contributed by atoms with van der Waals surface area (Å²) in [6.45, 7) is 6.15. The molecule has 0 unspecified atom stereocenters. The highest BCUT2D eigenvalue weighted by Crippen LogP contribution is 2.35. The van der Waals surface area contributed by atoms with Gasteiger partial charge in [-0.2, -0.15) is 0 Å². The van der Waals surface area contributed by atoms with E-state index in [1.54, 1.807) is 16.8 Å². The average Bonchev–Trinajstić information content (AvgIpc) is 3.17. The maximum absolute atomic E-state index is 6.09. The second kappa shape index (κ2) is 10.8. The molecule has 0 atom stereocenters. The van der Waals surface area contributed by atoms with Crippen molar-refractivity contribution in [3.05, 3.63) is 56.0 Å². The standard InChI is InChI=1S/C20H22BrCl2N5O2/c1-3-7-28-20(25-26-27-28)24-11-14-9-18(29-4-2)19(10-15(14)21)30-12-13-5-6-16(22)17(23)8-13/h5-6,8-10H,3-4,7,11-12H2,1-2H3,(H,24,25,27). The van der Waals surface area contributed by atoms with Crippen LogP contribution in [-0.2, 0) is 19.7 Å². The number of tetrazole rings is 1. The lowest BCUT2D eigenvalue weighted by Gasteiger charge is -2.16. The summed E-state index contributed by atoms with van der Waals surface area (Å²) in [7, 11) is 0. The first-order valence-corrected chi connectivity index (χ1v) is 11.1. The number of hydrogen-bond donors (Lipinski definition) is 1. The number of aromatic nitrogens is 4. The summed E-state index contributed by atoms with van der Waals surface area (Å²) in [6, 6.07) is 9.26. The molecule has 1 aromatic heterocycles. The third-order valence-corrected chi connectivity index (χ3v) is 5.67. The summed E-state index contributed by atoms with van der Waals surface area (Å²) in [5, 5.41) is 16.0. The zero-order valence-electron chi connectivity index (χ0n) is 16.7. The molecule has 0 aliphatic rings. The van der Waals surface area contributed by atoms with E-state index < -0.39 is 0 Å². The Kier molecular flexibility index (Phi) is 8.18. The van der Waals surface area contributed by atoms with E-state index in [1.807, 2.05) is 25.1 Å². The third-order valence-electron chi connectivity index (χ3n) is 4.20. The minimum atomic E-state index is 0.340. The third kappa shape index (κ3) is 5.77. The number of halogens is 3. The molecule has 1 N–H and O–H groups in total. The zero-order valence-corrected chi connectivity index (χ0v) is 19.8. The Hall–Kier alpha value is -2.03. The van der Waals surface area contributed by atoms with Gasteiger partial charge >= 0.3 is 0 Å². The van der Waals surface area contributed by atoms with E-state index in [-0.39, 0.29) is 0 Å². The van der Waals surface area contributed by atoms with Crippen LogP contribution in [0.1, 0.15) is 31.4 Å². The monoisotopic (exact) mass is 513 g/mol. The largest absolute Gasteiger partial charge is 0.490 e. The maximum atomic E-state index is 6.09. The first-order chi connectivity index (χ1) is 14.5. The van der Waals surface area contributed by atoms with E-state index in [1.165, 1.54) is 0 Å². The summed E-state index contributed by atoms with van der Waals surface area (Å²) in [5.74, 6) is 1.92. The predicted molar refractivity (Wildman–Crippen MR) is 122 cm³/mol. The van der Waals surface area contributed by atoms with E-state index in [0.717, 1.165) is 28.6 Å². The minimum Gasteiger partial charge on any atom is -0.490 e. The fourth-order valence-electron chi connectivity index (χ4n) is 2.75. The van der Waals surface area contributed by atoms with Crippen molar-refractivity contribution < 1.29 is 9.47 Å². The summed E-state index contributed by atoms with van der Waals surface area (Å²) < 4.78 is 14.4. The molecule has 2 aromatic carbocycles. The molecule has 0 radical (unpaired) electrons. The van der Waals surface area contributed by atoms with Gasteiger partial charge in [0.1, 0.15) is 6.61 Å². The van der Waals surface area contributed by atoms with Crippen molar-refractivity contribution in [2.75, 3.05) is 11.9 Å². The van der Waals surface area contributed by atoms with Crippen LogP contribution in [0.3, 0.4) is 0 Å². The number of nitrogens with one attached hydrogen (secondary N) is 1. The van der Waals surface area contributed by atoms with Crippen molar-refractivity contribution >= 4 is 45.1 Å². The molecule has 0 fully saturated rings. The minimum absolute atomic E-state index is 0.340. The maximum Gasteiger partial charge on any atom is 0.243 e. The van der Waals surface area contributed by atoms with E-state index in [2.05, 4.69) is 43.7 Å². The Bertz CT molecular complexity index is 999. The van der Waals surface area contributed by atoms with Crippen LogP contribution in [0.4, 0.5) is 5.95 Å². The molecular formula is C20H22BrCl2N5O2. The fraction of sp³-hybridized carbons (Fsp3) is 0.350. The summed E-state index contributed by atoms with van der Waals surface area (Å²) in [5.41, 5.74) is 1.91. The molecule has 3 aromatic rings. The lowest BCUT2D eigenvalue weighted by molar-refractivity contribution is 0.269. The highest BCUT2D eigenvalue weighted by molar-refractivity contribution is 9.10. The molecule has 3 rings (SSSR count). The van der Waals surface area contributed by atoms with Crippen molar-refractivity contribution in [1.29, 1.82) is 0 Å². The van der Waals surface area contributed by atoms with E-state index in [9.17, 15) is 0 Å². The Morgan fingerprint density at radius 2 is 1.87 bits per heavy atom. The fourth-order valence-corrected chi connectivity index (χ4v) is 3.54. The van der Waals surface area contributed by atoms with Gasteiger partial charge in [-0.3, -0.25) is 0 Å². The van der Waals surface area contributed by atoms with Crippen LogP contribution in [0.5, 0.6) is 11.5 Å². The van der Waals surface area contributed by atoms with E-state index in [0.29, 0.717) is 47.3 Å². The molecule has 10 heteroatoms. The van der Waals surface area contributed by atoms with Crippen LogP contribution in [0.25, 0.3) is 0 Å². The van der Waals surface area contributed by atoms with Gasteiger partial charge in [-0.05, 0) is 59.2 Å². The molecule has 0 amide bonds. The summed E-state index contributed by atoms with van der Waals surface area (Å²) in [6.07, 6.45) is 0.947. The molecule has 30 heavy (non-hydrogen) atoms. The molecular weight excluding hydrogens is 493 g/mol. The van der Waals surface area contributed by atoms with Crippen LogP contribution in [0.15, 0.2) is 34.8 Å². The van der Waals surface area contributed by atoms with E-state index in [4.69, 9.17) is 32.7 Å². The van der Waals surface area contributed by atoms with Gasteiger partial charge in [-0.15, -0.1) is 0 Å². The number of nitrogens with zero attached hydrogens (tertiary/aromatic N) is 4. The van der Waals surface area contributed by atoms with Crippen molar-refractivity contribution in [3.8, 4) is 11.5 Å². The normalized spacial score (nSPS) is 10.8. The van der Waals surface area contributed by atoms with Crippen LogP contribution in [0, 0.1) is 0 Å². The number of ether oxygens (including phenoxy) is 2. The summed E-state index contributed by atoms with van der Waals surface area (Å²) >= 11 is 15.7. The van der Waals surface area contributed by atoms with Crippen molar-refractivity contribution in [2.24, 2.45) is 0 Å². The Balaban J connectivity index is 1.74. The van der Waals surface area contributed by atoms with Crippen molar-refractivity contribution in [1.82, 2.24) is 20.2 Å². The lowest BCUT2D eigenvalue weighted by atomic mass is 10.2.